The molecule has 1 saturated carbocycles. The summed E-state index contributed by atoms with van der Waals surface area (Å²) in [7, 11) is 1.64. The molecule has 1 aliphatic rings. The van der Waals surface area contributed by atoms with Gasteiger partial charge in [-0.25, -0.2) is 4.79 Å². The summed E-state index contributed by atoms with van der Waals surface area (Å²) in [5.74, 6) is 0.820. The lowest BCUT2D eigenvalue weighted by Crippen LogP contribution is -2.32. The molecule has 1 aliphatic carbocycles. The Morgan fingerprint density at radius 2 is 1.90 bits per heavy atom. The molecule has 20 heavy (non-hydrogen) atoms. The van der Waals surface area contributed by atoms with Crippen molar-refractivity contribution in [2.75, 3.05) is 7.11 Å². The van der Waals surface area contributed by atoms with Gasteiger partial charge in [0.05, 0.1) is 7.11 Å². The summed E-state index contributed by atoms with van der Waals surface area (Å²) in [4.78, 5) is 11.7. The molecular weight excluding hydrogens is 252 g/mol. The molecule has 2 amide bonds. The van der Waals surface area contributed by atoms with E-state index in [-0.39, 0.29) is 6.03 Å². The van der Waals surface area contributed by atoms with Crippen LogP contribution in [0.1, 0.15) is 37.7 Å². The van der Waals surface area contributed by atoms with Crippen LogP contribution in [-0.2, 0) is 6.54 Å². The van der Waals surface area contributed by atoms with Crippen LogP contribution in [0, 0.1) is 0 Å². The molecule has 0 saturated heterocycles. The van der Waals surface area contributed by atoms with E-state index in [1.54, 1.807) is 7.11 Å². The van der Waals surface area contributed by atoms with E-state index < -0.39 is 0 Å². The molecule has 0 unspecified atom stereocenters. The van der Waals surface area contributed by atoms with Crippen LogP contribution >= 0.6 is 0 Å². The van der Waals surface area contributed by atoms with E-state index in [9.17, 15) is 4.79 Å². The smallest absolute Gasteiger partial charge is 0.319 e. The van der Waals surface area contributed by atoms with E-state index in [4.69, 9.17) is 4.74 Å². The summed E-state index contributed by atoms with van der Waals surface area (Å²) < 4.78 is 5.09. The van der Waals surface area contributed by atoms with Gasteiger partial charge in [0.2, 0.25) is 0 Å². The number of nitrogens with one attached hydrogen (secondary N) is 2. The standard InChI is InChI=1S/C16H22N2O2/c1-20-15-9-7-14(8-10-15)12-18-16(19)17-11-13-5-3-2-4-6-13/h7-11H,2-6,12H2,1H3,(H2,17,18,19). The summed E-state index contributed by atoms with van der Waals surface area (Å²) >= 11 is 0. The Morgan fingerprint density at radius 1 is 1.20 bits per heavy atom. The van der Waals surface area contributed by atoms with Gasteiger partial charge in [-0.2, -0.15) is 0 Å². The first kappa shape index (κ1) is 14.4. The van der Waals surface area contributed by atoms with Crippen molar-refractivity contribution in [3.8, 4) is 5.75 Å². The van der Waals surface area contributed by atoms with Crippen molar-refractivity contribution in [2.45, 2.75) is 38.6 Å². The number of hydrogen-bond donors (Lipinski definition) is 2. The summed E-state index contributed by atoms with van der Waals surface area (Å²) in [5.41, 5.74) is 2.39. The molecule has 1 aromatic carbocycles. The second-order valence-corrected chi connectivity index (χ2v) is 5.04. The number of rotatable bonds is 4. The molecule has 0 spiro atoms. The second-order valence-electron chi connectivity index (χ2n) is 5.04. The largest absolute Gasteiger partial charge is 0.497 e. The maximum Gasteiger partial charge on any atom is 0.319 e. The number of hydrogen-bond acceptors (Lipinski definition) is 2. The molecule has 4 heteroatoms. The van der Waals surface area contributed by atoms with Gasteiger partial charge in [0.15, 0.2) is 0 Å². The van der Waals surface area contributed by atoms with Gasteiger partial charge in [0.1, 0.15) is 5.75 Å². The van der Waals surface area contributed by atoms with Crippen LogP contribution in [0.5, 0.6) is 5.75 Å². The maximum absolute atomic E-state index is 11.7. The molecule has 0 bridgehead atoms. The third-order valence-corrected chi connectivity index (χ3v) is 3.52. The Labute approximate surface area is 120 Å². The molecule has 1 aromatic rings. The predicted octanol–water partition coefficient (Wildman–Crippen LogP) is 3.34. The van der Waals surface area contributed by atoms with Crippen LogP contribution < -0.4 is 15.4 Å². The minimum atomic E-state index is -0.154. The van der Waals surface area contributed by atoms with Crippen LogP contribution in [0.4, 0.5) is 4.79 Å². The van der Waals surface area contributed by atoms with E-state index in [2.05, 4.69) is 10.6 Å². The Morgan fingerprint density at radius 3 is 2.55 bits per heavy atom. The van der Waals surface area contributed by atoms with Crippen molar-refractivity contribution < 1.29 is 9.53 Å². The molecule has 0 atom stereocenters. The van der Waals surface area contributed by atoms with Gasteiger partial charge in [-0.3, -0.25) is 0 Å². The van der Waals surface area contributed by atoms with E-state index in [0.29, 0.717) is 6.54 Å². The first-order valence-corrected chi connectivity index (χ1v) is 7.13. The highest BCUT2D eigenvalue weighted by Gasteiger charge is 2.05. The lowest BCUT2D eigenvalue weighted by atomic mass is 9.96. The van der Waals surface area contributed by atoms with Gasteiger partial charge in [0.25, 0.3) is 0 Å². The zero-order chi connectivity index (χ0) is 14.2. The molecule has 108 valence electrons. The van der Waals surface area contributed by atoms with Crippen LogP contribution in [0.15, 0.2) is 36.0 Å². The fourth-order valence-electron chi connectivity index (χ4n) is 2.29. The SMILES string of the molecule is COc1ccc(CNC(=O)NC=C2CCCCC2)cc1. The van der Waals surface area contributed by atoms with Crippen LogP contribution in [0.3, 0.4) is 0 Å². The molecule has 0 heterocycles. The molecular formula is C16H22N2O2. The highest BCUT2D eigenvalue weighted by Crippen LogP contribution is 2.21. The Balaban J connectivity index is 1.73. The number of carbonyl (C=O) groups excluding carboxylic acids is 1. The average molecular weight is 274 g/mol. The monoisotopic (exact) mass is 274 g/mol. The lowest BCUT2D eigenvalue weighted by Gasteiger charge is -2.13. The number of ether oxygens (including phenoxy) is 1. The molecule has 2 N–H and O–H groups in total. The first-order chi connectivity index (χ1) is 9.78. The fraction of sp³-hybridized carbons (Fsp3) is 0.438. The molecule has 1 fully saturated rings. The van der Waals surface area contributed by atoms with E-state index in [1.807, 2.05) is 30.5 Å². The topological polar surface area (TPSA) is 50.4 Å². The van der Waals surface area contributed by atoms with Crippen molar-refractivity contribution in [1.82, 2.24) is 10.6 Å². The van der Waals surface area contributed by atoms with Gasteiger partial charge in [-0.15, -0.1) is 0 Å². The van der Waals surface area contributed by atoms with E-state index in [0.717, 1.165) is 24.2 Å². The molecule has 0 aromatic heterocycles. The van der Waals surface area contributed by atoms with E-state index >= 15 is 0 Å². The van der Waals surface area contributed by atoms with Crippen LogP contribution in [0.25, 0.3) is 0 Å². The van der Waals surface area contributed by atoms with Crippen molar-refractivity contribution in [3.05, 3.63) is 41.6 Å². The highest BCUT2D eigenvalue weighted by molar-refractivity contribution is 5.74. The molecule has 0 radical (unpaired) electrons. The maximum atomic E-state index is 11.7. The average Bonchev–Trinajstić information content (AvgIpc) is 2.52. The van der Waals surface area contributed by atoms with Crippen molar-refractivity contribution in [3.63, 3.8) is 0 Å². The number of urea groups is 1. The van der Waals surface area contributed by atoms with Gasteiger partial charge >= 0.3 is 6.03 Å². The Bertz CT molecular complexity index is 458. The van der Waals surface area contributed by atoms with Crippen molar-refractivity contribution >= 4 is 6.03 Å². The Hall–Kier alpha value is -1.97. The third-order valence-electron chi connectivity index (χ3n) is 3.52. The lowest BCUT2D eigenvalue weighted by molar-refractivity contribution is 0.243. The fourth-order valence-corrected chi connectivity index (χ4v) is 2.29. The van der Waals surface area contributed by atoms with Crippen molar-refractivity contribution in [1.29, 1.82) is 0 Å². The molecule has 2 rings (SSSR count). The highest BCUT2D eigenvalue weighted by atomic mass is 16.5. The molecule has 4 nitrogen and oxygen atoms in total. The summed E-state index contributed by atoms with van der Waals surface area (Å²) in [6, 6.07) is 7.51. The van der Waals surface area contributed by atoms with Gasteiger partial charge < -0.3 is 15.4 Å². The third kappa shape index (κ3) is 4.61. The number of amides is 2. The van der Waals surface area contributed by atoms with Crippen LogP contribution in [0.2, 0.25) is 0 Å². The normalized spacial score (nSPS) is 14.6. The van der Waals surface area contributed by atoms with E-state index in [1.165, 1.54) is 24.8 Å². The predicted molar refractivity (Wildman–Crippen MR) is 79.5 cm³/mol. The summed E-state index contributed by atoms with van der Waals surface area (Å²) in [5, 5.41) is 5.65. The Kier molecular flexibility index (Phi) is 5.47. The van der Waals surface area contributed by atoms with Gasteiger partial charge in [-0.1, -0.05) is 24.1 Å². The van der Waals surface area contributed by atoms with Gasteiger partial charge in [0, 0.05) is 12.7 Å². The number of allylic oxidation sites excluding steroid dienone is 1. The second kappa shape index (κ2) is 7.58. The van der Waals surface area contributed by atoms with Crippen LogP contribution in [-0.4, -0.2) is 13.1 Å². The summed E-state index contributed by atoms with van der Waals surface area (Å²) in [6.45, 7) is 0.513. The van der Waals surface area contributed by atoms with Gasteiger partial charge in [-0.05, 0) is 43.4 Å². The minimum absolute atomic E-state index is 0.154. The minimum Gasteiger partial charge on any atom is -0.497 e. The molecule has 0 aliphatic heterocycles. The first-order valence-electron chi connectivity index (χ1n) is 7.13. The zero-order valence-electron chi connectivity index (χ0n) is 11.9. The summed E-state index contributed by atoms with van der Waals surface area (Å²) in [6.07, 6.45) is 7.86. The number of methoxy groups -OCH3 is 1. The quantitative estimate of drug-likeness (QED) is 0.884. The number of carbonyl (C=O) groups is 1. The zero-order valence-corrected chi connectivity index (χ0v) is 11.9. The number of benzene rings is 1. The van der Waals surface area contributed by atoms with Crippen molar-refractivity contribution in [2.24, 2.45) is 0 Å².